The van der Waals surface area contributed by atoms with Gasteiger partial charge < -0.3 is 4.90 Å². The Kier molecular flexibility index (Phi) is 3.22. The highest BCUT2D eigenvalue weighted by atomic mass is 19.2. The van der Waals surface area contributed by atoms with Crippen LogP contribution in [0.25, 0.3) is 11.3 Å². The van der Waals surface area contributed by atoms with Crippen molar-refractivity contribution in [2.24, 2.45) is 0 Å². The van der Waals surface area contributed by atoms with E-state index in [1.807, 2.05) is 13.1 Å². The highest BCUT2D eigenvalue weighted by Gasteiger charge is 2.17. The average molecular weight is 278 g/mol. The Morgan fingerprint density at radius 2 is 1.80 bits per heavy atom. The van der Waals surface area contributed by atoms with E-state index in [2.05, 4.69) is 9.88 Å². The molecule has 1 aromatic carbocycles. The number of pyridine rings is 1. The molecule has 20 heavy (non-hydrogen) atoms. The lowest BCUT2D eigenvalue weighted by atomic mass is 10.0. The lowest BCUT2D eigenvalue weighted by Gasteiger charge is -2.24. The van der Waals surface area contributed by atoms with Gasteiger partial charge in [-0.2, -0.15) is 0 Å². The molecule has 0 N–H and O–H groups in total. The predicted molar refractivity (Wildman–Crippen MR) is 69.6 cm³/mol. The molecule has 0 saturated heterocycles. The van der Waals surface area contributed by atoms with Gasteiger partial charge in [0.1, 0.15) is 0 Å². The van der Waals surface area contributed by atoms with Crippen LogP contribution in [0.2, 0.25) is 0 Å². The van der Waals surface area contributed by atoms with Crippen LogP contribution >= 0.6 is 0 Å². The van der Waals surface area contributed by atoms with Crippen LogP contribution in [0.5, 0.6) is 0 Å². The maximum absolute atomic E-state index is 13.3. The van der Waals surface area contributed by atoms with Gasteiger partial charge in [-0.05, 0) is 30.8 Å². The Bertz CT molecular complexity index is 647. The number of aromatic nitrogens is 1. The van der Waals surface area contributed by atoms with Crippen LogP contribution < -0.4 is 0 Å². The number of benzene rings is 1. The Morgan fingerprint density at radius 1 is 1.10 bits per heavy atom. The number of hydrogen-bond acceptors (Lipinski definition) is 2. The van der Waals surface area contributed by atoms with Gasteiger partial charge in [0.25, 0.3) is 0 Å². The molecule has 2 nitrogen and oxygen atoms in total. The molecule has 2 heterocycles. The molecule has 3 rings (SSSR count). The normalized spacial score (nSPS) is 15.2. The molecule has 0 bridgehead atoms. The number of fused-ring (bicyclic) bond motifs is 1. The summed E-state index contributed by atoms with van der Waals surface area (Å²) in [6, 6.07) is 5.57. The van der Waals surface area contributed by atoms with Crippen molar-refractivity contribution >= 4 is 0 Å². The van der Waals surface area contributed by atoms with E-state index < -0.39 is 17.5 Å². The Balaban J connectivity index is 2.03. The van der Waals surface area contributed by atoms with Crippen LogP contribution in [0.1, 0.15) is 11.3 Å². The third-order valence-electron chi connectivity index (χ3n) is 3.52. The average Bonchev–Trinajstić information content (AvgIpc) is 2.43. The molecule has 0 saturated carbocycles. The second-order valence-corrected chi connectivity index (χ2v) is 5.04. The van der Waals surface area contributed by atoms with Crippen molar-refractivity contribution in [1.82, 2.24) is 9.88 Å². The zero-order valence-corrected chi connectivity index (χ0v) is 11.0. The summed E-state index contributed by atoms with van der Waals surface area (Å²) in [6.07, 6.45) is 0.797. The molecule has 0 aliphatic carbocycles. The minimum atomic E-state index is -1.45. The monoisotopic (exact) mass is 278 g/mol. The third-order valence-corrected chi connectivity index (χ3v) is 3.52. The van der Waals surface area contributed by atoms with Gasteiger partial charge >= 0.3 is 0 Å². The Labute approximate surface area is 114 Å². The molecule has 1 aromatic heterocycles. The van der Waals surface area contributed by atoms with Crippen LogP contribution in [0.3, 0.4) is 0 Å². The SMILES string of the molecule is CN1CCc2nc(-c3cc(F)c(F)c(F)c3)ccc2C1. The van der Waals surface area contributed by atoms with Crippen molar-refractivity contribution in [3.63, 3.8) is 0 Å². The van der Waals surface area contributed by atoms with E-state index in [4.69, 9.17) is 0 Å². The fraction of sp³-hybridized carbons (Fsp3) is 0.267. The second-order valence-electron chi connectivity index (χ2n) is 5.04. The predicted octanol–water partition coefficient (Wildman–Crippen LogP) is 3.15. The van der Waals surface area contributed by atoms with Crippen molar-refractivity contribution in [1.29, 1.82) is 0 Å². The molecule has 0 atom stereocenters. The molecule has 0 fully saturated rings. The number of likely N-dealkylation sites (N-methyl/N-ethyl adjacent to an activating group) is 1. The van der Waals surface area contributed by atoms with E-state index in [1.54, 1.807) is 6.07 Å². The fourth-order valence-electron chi connectivity index (χ4n) is 2.42. The molecule has 0 radical (unpaired) electrons. The Hall–Kier alpha value is -1.88. The summed E-state index contributed by atoms with van der Waals surface area (Å²) in [5.41, 5.74) is 2.77. The first-order chi connectivity index (χ1) is 9.54. The number of hydrogen-bond donors (Lipinski definition) is 0. The third kappa shape index (κ3) is 2.29. The largest absolute Gasteiger partial charge is 0.302 e. The van der Waals surface area contributed by atoms with E-state index in [0.717, 1.165) is 42.9 Å². The van der Waals surface area contributed by atoms with Crippen LogP contribution in [0, 0.1) is 17.5 Å². The van der Waals surface area contributed by atoms with Gasteiger partial charge in [0.05, 0.1) is 5.69 Å². The van der Waals surface area contributed by atoms with Gasteiger partial charge in [-0.25, -0.2) is 13.2 Å². The maximum atomic E-state index is 13.3. The molecule has 2 aromatic rings. The summed E-state index contributed by atoms with van der Waals surface area (Å²) >= 11 is 0. The van der Waals surface area contributed by atoms with Crippen molar-refractivity contribution in [2.45, 2.75) is 13.0 Å². The molecule has 1 aliphatic heterocycles. The highest BCUT2D eigenvalue weighted by molar-refractivity contribution is 5.60. The van der Waals surface area contributed by atoms with Gasteiger partial charge in [0.15, 0.2) is 17.5 Å². The first-order valence-corrected chi connectivity index (χ1v) is 6.37. The van der Waals surface area contributed by atoms with Gasteiger partial charge in [-0.15, -0.1) is 0 Å². The summed E-state index contributed by atoms with van der Waals surface area (Å²) in [4.78, 5) is 6.63. The molecule has 104 valence electrons. The van der Waals surface area contributed by atoms with Crippen LogP contribution in [0.15, 0.2) is 24.3 Å². The van der Waals surface area contributed by atoms with Gasteiger partial charge in [0, 0.05) is 30.8 Å². The molecule has 5 heteroatoms. The molecular formula is C15H13F3N2. The molecule has 0 unspecified atom stereocenters. The van der Waals surface area contributed by atoms with E-state index in [0.29, 0.717) is 5.69 Å². The molecular weight excluding hydrogens is 265 g/mol. The maximum Gasteiger partial charge on any atom is 0.194 e. The summed E-state index contributed by atoms with van der Waals surface area (Å²) in [7, 11) is 2.03. The van der Waals surface area contributed by atoms with Gasteiger partial charge in [-0.3, -0.25) is 4.98 Å². The lowest BCUT2D eigenvalue weighted by Crippen LogP contribution is -2.27. The smallest absolute Gasteiger partial charge is 0.194 e. The lowest BCUT2D eigenvalue weighted by molar-refractivity contribution is 0.310. The van der Waals surface area contributed by atoms with Crippen molar-refractivity contribution < 1.29 is 13.2 Å². The summed E-state index contributed by atoms with van der Waals surface area (Å²) in [6.45, 7) is 1.71. The Morgan fingerprint density at radius 3 is 2.50 bits per heavy atom. The van der Waals surface area contributed by atoms with Gasteiger partial charge in [0.2, 0.25) is 0 Å². The van der Waals surface area contributed by atoms with Crippen LogP contribution in [0.4, 0.5) is 13.2 Å². The summed E-state index contributed by atoms with van der Waals surface area (Å²) in [5, 5.41) is 0. The van der Waals surface area contributed by atoms with Crippen LogP contribution in [-0.2, 0) is 13.0 Å². The number of nitrogens with zero attached hydrogens (tertiary/aromatic N) is 2. The summed E-state index contributed by atoms with van der Waals surface area (Å²) in [5.74, 6) is -3.84. The second kappa shape index (κ2) is 4.90. The van der Waals surface area contributed by atoms with Crippen molar-refractivity contribution in [2.75, 3.05) is 13.6 Å². The zero-order valence-electron chi connectivity index (χ0n) is 11.0. The fourth-order valence-corrected chi connectivity index (χ4v) is 2.42. The molecule has 0 amide bonds. The molecule has 1 aliphatic rings. The van der Waals surface area contributed by atoms with Crippen molar-refractivity contribution in [3.8, 4) is 11.3 Å². The van der Waals surface area contributed by atoms with Crippen molar-refractivity contribution in [3.05, 3.63) is 53.0 Å². The van der Waals surface area contributed by atoms with Crippen LogP contribution in [-0.4, -0.2) is 23.5 Å². The minimum absolute atomic E-state index is 0.253. The zero-order chi connectivity index (χ0) is 14.3. The van der Waals surface area contributed by atoms with E-state index >= 15 is 0 Å². The number of rotatable bonds is 1. The number of halogens is 3. The first-order valence-electron chi connectivity index (χ1n) is 6.37. The van der Waals surface area contributed by atoms with E-state index in [1.165, 1.54) is 0 Å². The standard InChI is InChI=1S/C15H13F3N2/c1-20-5-4-14-9(8-20)2-3-13(19-14)10-6-11(16)15(18)12(17)7-10/h2-3,6-7H,4-5,8H2,1H3. The summed E-state index contributed by atoms with van der Waals surface area (Å²) < 4.78 is 39.5. The quantitative estimate of drug-likeness (QED) is 0.745. The van der Waals surface area contributed by atoms with E-state index in [9.17, 15) is 13.2 Å². The first kappa shape index (κ1) is 13.1. The molecule has 0 spiro atoms. The topological polar surface area (TPSA) is 16.1 Å². The highest BCUT2D eigenvalue weighted by Crippen LogP contribution is 2.25. The van der Waals surface area contributed by atoms with E-state index in [-0.39, 0.29) is 5.56 Å². The minimum Gasteiger partial charge on any atom is -0.302 e. The van der Waals surface area contributed by atoms with Gasteiger partial charge in [-0.1, -0.05) is 6.07 Å².